The number of ether oxygens (including phenoxy) is 3. The Hall–Kier alpha value is -2.87. The van der Waals surface area contributed by atoms with Gasteiger partial charge in [-0.05, 0) is 42.9 Å². The predicted molar refractivity (Wildman–Crippen MR) is 96.5 cm³/mol. The molecule has 0 spiro atoms. The molecule has 0 radical (unpaired) electrons. The summed E-state index contributed by atoms with van der Waals surface area (Å²) in [6.45, 7) is 5.77. The van der Waals surface area contributed by atoms with Gasteiger partial charge in [-0.3, -0.25) is 19.8 Å². The Morgan fingerprint density at radius 1 is 1.32 bits per heavy atom. The number of hydrogen-bond donors (Lipinski definition) is 1. The summed E-state index contributed by atoms with van der Waals surface area (Å²) in [5, 5.41) is 2.52. The molecule has 1 aromatic carbocycles. The molecule has 0 unspecified atom stereocenters. The molecule has 7 nitrogen and oxygen atoms in total. The maximum atomic E-state index is 12.3. The third-order valence-electron chi connectivity index (χ3n) is 3.38. The van der Waals surface area contributed by atoms with Gasteiger partial charge in [-0.15, -0.1) is 0 Å². The van der Waals surface area contributed by atoms with E-state index in [0.29, 0.717) is 29.4 Å². The average Bonchev–Trinajstić information content (AvgIpc) is 2.59. The van der Waals surface area contributed by atoms with Crippen LogP contribution < -0.4 is 19.5 Å². The summed E-state index contributed by atoms with van der Waals surface area (Å²) >= 11 is 4.92. The lowest BCUT2D eigenvalue weighted by molar-refractivity contribution is -0.128. The van der Waals surface area contributed by atoms with Crippen LogP contribution in [0.3, 0.4) is 0 Å². The van der Waals surface area contributed by atoms with E-state index >= 15 is 0 Å². The molecule has 0 aliphatic carbocycles. The number of amides is 2. The summed E-state index contributed by atoms with van der Waals surface area (Å²) in [4.78, 5) is 25.6. The van der Waals surface area contributed by atoms with Gasteiger partial charge >= 0.3 is 0 Å². The number of benzene rings is 1. The molecule has 1 aromatic rings. The van der Waals surface area contributed by atoms with Crippen LogP contribution in [-0.2, 0) is 9.59 Å². The highest BCUT2D eigenvalue weighted by Crippen LogP contribution is 2.39. The fourth-order valence-corrected chi connectivity index (χ4v) is 2.38. The minimum atomic E-state index is -0.563. The molecule has 25 heavy (non-hydrogen) atoms. The Morgan fingerprint density at radius 3 is 2.60 bits per heavy atom. The van der Waals surface area contributed by atoms with E-state index in [2.05, 4.69) is 11.9 Å². The second-order valence-corrected chi connectivity index (χ2v) is 5.34. The first-order chi connectivity index (χ1) is 11.9. The molecule has 1 heterocycles. The minimum Gasteiger partial charge on any atom is -0.493 e. The highest BCUT2D eigenvalue weighted by molar-refractivity contribution is 7.80. The fourth-order valence-electron chi connectivity index (χ4n) is 2.21. The van der Waals surface area contributed by atoms with Gasteiger partial charge in [0.2, 0.25) is 5.75 Å². The zero-order valence-electron chi connectivity index (χ0n) is 14.1. The number of nitrogens with one attached hydrogen (secondary N) is 1. The van der Waals surface area contributed by atoms with E-state index in [1.165, 1.54) is 31.4 Å². The second-order valence-electron chi connectivity index (χ2n) is 4.95. The van der Waals surface area contributed by atoms with Crippen molar-refractivity contribution in [3.05, 3.63) is 36.1 Å². The van der Waals surface area contributed by atoms with Crippen LogP contribution in [0.15, 0.2) is 30.5 Å². The van der Waals surface area contributed by atoms with Gasteiger partial charge in [-0.25, -0.2) is 0 Å². The van der Waals surface area contributed by atoms with Gasteiger partial charge < -0.3 is 14.2 Å². The lowest BCUT2D eigenvalue weighted by Crippen LogP contribution is -2.52. The Labute approximate surface area is 150 Å². The second kappa shape index (κ2) is 7.80. The van der Waals surface area contributed by atoms with Crippen molar-refractivity contribution < 1.29 is 23.8 Å². The third-order valence-corrected chi connectivity index (χ3v) is 3.75. The van der Waals surface area contributed by atoms with Gasteiger partial charge in [0.1, 0.15) is 5.57 Å². The van der Waals surface area contributed by atoms with E-state index in [9.17, 15) is 9.59 Å². The Kier molecular flexibility index (Phi) is 5.76. The van der Waals surface area contributed by atoms with Crippen molar-refractivity contribution in [1.82, 2.24) is 10.2 Å². The Bertz CT molecular complexity index is 773. The van der Waals surface area contributed by atoms with Crippen LogP contribution in [0.1, 0.15) is 12.5 Å². The number of carbonyl (C=O) groups excluding carboxylic acids is 2. The quantitative estimate of drug-likeness (QED) is 0.360. The molecule has 0 bridgehead atoms. The van der Waals surface area contributed by atoms with E-state index in [-0.39, 0.29) is 10.7 Å². The highest BCUT2D eigenvalue weighted by Gasteiger charge is 2.31. The molecule has 0 saturated carbocycles. The van der Waals surface area contributed by atoms with Crippen molar-refractivity contribution >= 4 is 35.2 Å². The molecular weight excluding hydrogens is 344 g/mol. The van der Waals surface area contributed by atoms with Crippen molar-refractivity contribution in [3.63, 3.8) is 0 Å². The van der Waals surface area contributed by atoms with Crippen molar-refractivity contribution in [2.24, 2.45) is 0 Å². The summed E-state index contributed by atoms with van der Waals surface area (Å²) in [7, 11) is 2.97. The molecular formula is C17H18N2O5S. The number of likely N-dealkylation sites (N-methyl/N-ethyl adjacent to an activating group) is 1. The van der Waals surface area contributed by atoms with Gasteiger partial charge in [0.05, 0.1) is 20.0 Å². The van der Waals surface area contributed by atoms with Crippen molar-refractivity contribution in [2.75, 3.05) is 20.8 Å². The maximum Gasteiger partial charge on any atom is 0.265 e. The zero-order chi connectivity index (χ0) is 18.6. The molecule has 8 heteroatoms. The monoisotopic (exact) mass is 362 g/mol. The normalized spacial score (nSPS) is 15.9. The molecule has 1 fully saturated rings. The first-order valence-electron chi connectivity index (χ1n) is 7.40. The van der Waals surface area contributed by atoms with Crippen LogP contribution in [0.4, 0.5) is 0 Å². The summed E-state index contributed by atoms with van der Waals surface area (Å²) < 4.78 is 16.2. The van der Waals surface area contributed by atoms with Gasteiger partial charge in [0.25, 0.3) is 11.8 Å². The number of hydrogen-bond acceptors (Lipinski definition) is 6. The van der Waals surface area contributed by atoms with Gasteiger partial charge in [-0.2, -0.15) is 0 Å². The molecule has 2 amide bonds. The van der Waals surface area contributed by atoms with Crippen LogP contribution >= 0.6 is 12.2 Å². The molecule has 1 aliphatic rings. The lowest BCUT2D eigenvalue weighted by atomic mass is 10.1. The topological polar surface area (TPSA) is 77.1 Å². The van der Waals surface area contributed by atoms with Crippen molar-refractivity contribution in [2.45, 2.75) is 6.92 Å². The predicted octanol–water partition coefficient (Wildman–Crippen LogP) is 1.87. The van der Waals surface area contributed by atoms with E-state index in [4.69, 9.17) is 26.4 Å². The van der Waals surface area contributed by atoms with Crippen LogP contribution in [-0.4, -0.2) is 42.6 Å². The van der Waals surface area contributed by atoms with E-state index < -0.39 is 11.8 Å². The smallest absolute Gasteiger partial charge is 0.265 e. The molecule has 1 N–H and O–H groups in total. The van der Waals surface area contributed by atoms with Gasteiger partial charge in [-0.1, -0.05) is 6.58 Å². The number of nitrogens with zero attached hydrogens (tertiary/aromatic N) is 1. The van der Waals surface area contributed by atoms with Crippen LogP contribution in [0.2, 0.25) is 0 Å². The van der Waals surface area contributed by atoms with Crippen LogP contribution in [0.25, 0.3) is 6.08 Å². The van der Waals surface area contributed by atoms with E-state index in [0.717, 1.165) is 0 Å². The molecule has 0 atom stereocenters. The first-order valence-corrected chi connectivity index (χ1v) is 7.81. The summed E-state index contributed by atoms with van der Waals surface area (Å²) in [5.74, 6) is 0.112. The maximum absolute atomic E-state index is 12.3. The average molecular weight is 362 g/mol. The van der Waals surface area contributed by atoms with Crippen molar-refractivity contribution in [3.8, 4) is 17.2 Å². The number of methoxy groups -OCH3 is 1. The summed E-state index contributed by atoms with van der Waals surface area (Å²) in [5.41, 5.74) is 0.476. The number of rotatable bonds is 6. The number of thiocarbonyl (C=S) groups is 1. The van der Waals surface area contributed by atoms with Crippen molar-refractivity contribution in [1.29, 1.82) is 0 Å². The van der Waals surface area contributed by atoms with E-state index in [1.54, 1.807) is 12.1 Å². The highest BCUT2D eigenvalue weighted by atomic mass is 32.1. The van der Waals surface area contributed by atoms with Gasteiger partial charge in [0.15, 0.2) is 16.6 Å². The largest absolute Gasteiger partial charge is 0.493 e. The molecule has 2 rings (SSSR count). The first kappa shape index (κ1) is 18.5. The standard InChI is InChI=1S/C17H18N2O5S/c1-5-23-13-9-10(8-12(22-4)14(13)24-6-2)7-11-15(20)18-17(25)19(3)16(11)21/h5,7-9H,1,6H2,2-4H3,(H,18,20,25)/b11-7+. The summed E-state index contributed by atoms with van der Waals surface area (Å²) in [6.07, 6.45) is 2.68. The fraction of sp³-hybridized carbons (Fsp3) is 0.235. The Balaban J connectivity index is 2.53. The molecule has 132 valence electrons. The van der Waals surface area contributed by atoms with Crippen LogP contribution in [0.5, 0.6) is 17.2 Å². The lowest BCUT2D eigenvalue weighted by Gasteiger charge is -2.25. The number of carbonyl (C=O) groups is 2. The molecule has 0 aromatic heterocycles. The SMILES string of the molecule is C=COc1cc(/C=C2\C(=O)NC(=S)N(C)C2=O)cc(OC)c1OCC. The molecule has 1 aliphatic heterocycles. The third kappa shape index (κ3) is 3.80. The zero-order valence-corrected chi connectivity index (χ0v) is 14.9. The van der Waals surface area contributed by atoms with Gasteiger partial charge in [0, 0.05) is 7.05 Å². The summed E-state index contributed by atoms with van der Waals surface area (Å²) in [6, 6.07) is 3.26. The minimum absolute atomic E-state index is 0.0492. The van der Waals surface area contributed by atoms with Crippen LogP contribution in [0, 0.1) is 0 Å². The van der Waals surface area contributed by atoms with E-state index in [1.807, 2.05) is 6.92 Å². The Morgan fingerprint density at radius 2 is 2.00 bits per heavy atom. The molecule has 1 saturated heterocycles.